The first-order valence-electron chi connectivity index (χ1n) is 6.80. The van der Waals surface area contributed by atoms with Crippen molar-refractivity contribution in [3.63, 3.8) is 0 Å². The Hall–Kier alpha value is -2.63. The first-order chi connectivity index (χ1) is 10.3. The third-order valence-electron chi connectivity index (χ3n) is 3.28. The average molecular weight is 283 g/mol. The highest BCUT2D eigenvalue weighted by molar-refractivity contribution is 5.95. The Morgan fingerprint density at radius 2 is 2.24 bits per heavy atom. The van der Waals surface area contributed by atoms with Crippen molar-refractivity contribution in [1.82, 2.24) is 20.0 Å². The Kier molecular flexibility index (Phi) is 3.68. The lowest BCUT2D eigenvalue weighted by Crippen LogP contribution is -2.11. The second-order valence-corrected chi connectivity index (χ2v) is 4.76. The number of nitrogens with one attached hydrogen (secondary N) is 1. The van der Waals surface area contributed by atoms with E-state index >= 15 is 0 Å². The van der Waals surface area contributed by atoms with Crippen molar-refractivity contribution >= 4 is 16.6 Å². The average Bonchev–Trinajstić information content (AvgIpc) is 3.00. The van der Waals surface area contributed by atoms with Crippen molar-refractivity contribution < 1.29 is 4.74 Å². The highest BCUT2D eigenvalue weighted by atomic mass is 16.5. The number of benzene rings is 1. The monoisotopic (exact) mass is 283 g/mol. The molecule has 0 amide bonds. The van der Waals surface area contributed by atoms with Gasteiger partial charge >= 0.3 is 0 Å². The van der Waals surface area contributed by atoms with Gasteiger partial charge in [-0.1, -0.05) is 17.3 Å². The molecule has 1 N–H and O–H groups in total. The topological polar surface area (TPSA) is 64.9 Å². The van der Waals surface area contributed by atoms with Gasteiger partial charge in [-0.2, -0.15) is 0 Å². The summed E-state index contributed by atoms with van der Waals surface area (Å²) in [5.74, 6) is 0.788. The van der Waals surface area contributed by atoms with Crippen molar-refractivity contribution in [2.45, 2.75) is 13.5 Å². The molecule has 6 heteroatoms. The molecule has 0 saturated heterocycles. The van der Waals surface area contributed by atoms with Crippen LogP contribution in [0.5, 0.6) is 5.75 Å². The van der Waals surface area contributed by atoms with E-state index in [0.29, 0.717) is 0 Å². The maximum Gasteiger partial charge on any atom is 0.145 e. The van der Waals surface area contributed by atoms with Gasteiger partial charge in [0.2, 0.25) is 0 Å². The summed E-state index contributed by atoms with van der Waals surface area (Å²) in [7, 11) is 1.66. The van der Waals surface area contributed by atoms with Gasteiger partial charge in [-0.15, -0.1) is 5.10 Å². The van der Waals surface area contributed by atoms with Crippen LogP contribution in [0.2, 0.25) is 0 Å². The van der Waals surface area contributed by atoms with E-state index in [4.69, 9.17) is 4.74 Å². The summed E-state index contributed by atoms with van der Waals surface area (Å²) in [6.07, 6.45) is 3.53. The second kappa shape index (κ2) is 5.78. The molecule has 21 heavy (non-hydrogen) atoms. The van der Waals surface area contributed by atoms with Crippen LogP contribution >= 0.6 is 0 Å². The number of para-hydroxylation sites is 1. The van der Waals surface area contributed by atoms with Crippen molar-refractivity contribution in [3.8, 4) is 5.75 Å². The quantitative estimate of drug-likeness (QED) is 0.778. The first-order valence-corrected chi connectivity index (χ1v) is 6.80. The molecule has 0 aliphatic carbocycles. The standard InChI is InChI=1S/C15H17N5O/c1-11-10-13(16-6-8-20-9-7-17-19-20)12-4-3-5-14(21-2)15(12)18-11/h3-5,7,9-10H,6,8H2,1-2H3,(H,16,18). The molecule has 0 aliphatic heterocycles. The Balaban J connectivity index is 1.87. The number of fused-ring (bicyclic) bond motifs is 1. The van der Waals surface area contributed by atoms with Crippen molar-refractivity contribution in [2.75, 3.05) is 19.0 Å². The van der Waals surface area contributed by atoms with Crippen molar-refractivity contribution in [2.24, 2.45) is 0 Å². The Morgan fingerprint density at radius 1 is 1.33 bits per heavy atom. The summed E-state index contributed by atoms with van der Waals surface area (Å²) in [6, 6.07) is 7.99. The molecule has 108 valence electrons. The van der Waals surface area contributed by atoms with Gasteiger partial charge in [0.15, 0.2) is 0 Å². The second-order valence-electron chi connectivity index (χ2n) is 4.76. The predicted octanol–water partition coefficient (Wildman–Crippen LogP) is 2.26. The third-order valence-corrected chi connectivity index (χ3v) is 3.28. The zero-order valence-electron chi connectivity index (χ0n) is 12.1. The van der Waals surface area contributed by atoms with Crippen LogP contribution in [-0.4, -0.2) is 33.6 Å². The molecule has 2 aromatic heterocycles. The lowest BCUT2D eigenvalue weighted by atomic mass is 10.1. The van der Waals surface area contributed by atoms with E-state index in [0.717, 1.165) is 41.1 Å². The lowest BCUT2D eigenvalue weighted by Gasteiger charge is -2.12. The van der Waals surface area contributed by atoms with Crippen LogP contribution in [0, 0.1) is 6.92 Å². The number of hydrogen-bond donors (Lipinski definition) is 1. The largest absolute Gasteiger partial charge is 0.494 e. The third kappa shape index (κ3) is 2.79. The predicted molar refractivity (Wildman–Crippen MR) is 81.5 cm³/mol. The Morgan fingerprint density at radius 3 is 3.00 bits per heavy atom. The van der Waals surface area contributed by atoms with Crippen molar-refractivity contribution in [1.29, 1.82) is 0 Å². The number of aryl methyl sites for hydroxylation is 1. The number of pyridine rings is 1. The molecule has 1 aromatic carbocycles. The lowest BCUT2D eigenvalue weighted by molar-refractivity contribution is 0.419. The highest BCUT2D eigenvalue weighted by Gasteiger charge is 2.08. The molecule has 0 atom stereocenters. The van der Waals surface area contributed by atoms with Crippen LogP contribution in [0.15, 0.2) is 36.7 Å². The van der Waals surface area contributed by atoms with E-state index in [1.165, 1.54) is 0 Å². The number of nitrogens with zero attached hydrogens (tertiary/aromatic N) is 4. The zero-order chi connectivity index (χ0) is 14.7. The van der Waals surface area contributed by atoms with Crippen LogP contribution < -0.4 is 10.1 Å². The van der Waals surface area contributed by atoms with Crippen molar-refractivity contribution in [3.05, 3.63) is 42.4 Å². The SMILES string of the molecule is COc1cccc2c(NCCn3ccnn3)cc(C)nc12. The van der Waals surface area contributed by atoms with E-state index < -0.39 is 0 Å². The molecule has 0 unspecified atom stereocenters. The summed E-state index contributed by atoms with van der Waals surface area (Å²) >= 11 is 0. The first kappa shape index (κ1) is 13.4. The number of hydrogen-bond acceptors (Lipinski definition) is 5. The minimum Gasteiger partial charge on any atom is -0.494 e. The fraction of sp³-hybridized carbons (Fsp3) is 0.267. The van der Waals surface area contributed by atoms with E-state index in [2.05, 4.69) is 20.6 Å². The summed E-state index contributed by atoms with van der Waals surface area (Å²) < 4.78 is 7.18. The van der Waals surface area contributed by atoms with Crippen LogP contribution in [0.1, 0.15) is 5.69 Å². The molecule has 0 spiro atoms. The number of aromatic nitrogens is 4. The fourth-order valence-corrected chi connectivity index (χ4v) is 2.32. The zero-order valence-corrected chi connectivity index (χ0v) is 12.1. The van der Waals surface area contributed by atoms with E-state index in [1.807, 2.05) is 37.4 Å². The number of anilines is 1. The molecule has 0 saturated carbocycles. The minimum atomic E-state index is 0.757. The number of methoxy groups -OCH3 is 1. The number of rotatable bonds is 5. The molecule has 0 aliphatic rings. The van der Waals surface area contributed by atoms with Crippen LogP contribution in [0.4, 0.5) is 5.69 Å². The fourth-order valence-electron chi connectivity index (χ4n) is 2.32. The van der Waals surface area contributed by atoms with E-state index in [9.17, 15) is 0 Å². The number of ether oxygens (including phenoxy) is 1. The van der Waals surface area contributed by atoms with Gasteiger partial charge < -0.3 is 10.1 Å². The van der Waals surface area contributed by atoms with Crippen LogP contribution in [0.3, 0.4) is 0 Å². The van der Waals surface area contributed by atoms with Gasteiger partial charge in [0, 0.05) is 29.5 Å². The van der Waals surface area contributed by atoms with Gasteiger partial charge in [0.05, 0.1) is 19.9 Å². The van der Waals surface area contributed by atoms with Gasteiger partial charge in [0.25, 0.3) is 0 Å². The Bertz CT molecular complexity index is 739. The van der Waals surface area contributed by atoms with Gasteiger partial charge in [0.1, 0.15) is 11.3 Å². The van der Waals surface area contributed by atoms with E-state index in [-0.39, 0.29) is 0 Å². The molecular formula is C15H17N5O. The molecule has 0 bridgehead atoms. The van der Waals surface area contributed by atoms with Gasteiger partial charge in [-0.3, -0.25) is 4.68 Å². The molecular weight excluding hydrogens is 266 g/mol. The summed E-state index contributed by atoms with van der Waals surface area (Å²) in [5.41, 5.74) is 2.88. The summed E-state index contributed by atoms with van der Waals surface area (Å²) in [6.45, 7) is 3.50. The highest BCUT2D eigenvalue weighted by Crippen LogP contribution is 2.29. The smallest absolute Gasteiger partial charge is 0.145 e. The molecule has 6 nitrogen and oxygen atoms in total. The molecule has 0 fully saturated rings. The molecule has 3 aromatic rings. The maximum absolute atomic E-state index is 5.39. The Labute approximate surface area is 122 Å². The molecule has 3 rings (SSSR count). The van der Waals surface area contributed by atoms with Gasteiger partial charge in [-0.25, -0.2) is 4.98 Å². The maximum atomic E-state index is 5.39. The van der Waals surface area contributed by atoms with E-state index in [1.54, 1.807) is 18.0 Å². The molecule has 2 heterocycles. The minimum absolute atomic E-state index is 0.757. The summed E-state index contributed by atoms with van der Waals surface area (Å²) in [4.78, 5) is 4.57. The summed E-state index contributed by atoms with van der Waals surface area (Å²) in [5, 5.41) is 12.2. The van der Waals surface area contributed by atoms with Crippen LogP contribution in [-0.2, 0) is 6.54 Å². The molecule has 0 radical (unpaired) electrons. The normalized spacial score (nSPS) is 10.8. The van der Waals surface area contributed by atoms with Gasteiger partial charge in [-0.05, 0) is 19.1 Å². The van der Waals surface area contributed by atoms with Crippen LogP contribution in [0.25, 0.3) is 10.9 Å².